The van der Waals surface area contributed by atoms with Gasteiger partial charge in [0.2, 0.25) is 16.7 Å². The summed E-state index contributed by atoms with van der Waals surface area (Å²) in [7, 11) is 0. The lowest BCUT2D eigenvalue weighted by atomic mass is 9.87. The first kappa shape index (κ1) is 27.3. The van der Waals surface area contributed by atoms with Crippen molar-refractivity contribution >= 4 is 46.2 Å². The second-order valence-corrected chi connectivity index (χ2v) is 10.1. The summed E-state index contributed by atoms with van der Waals surface area (Å²) < 4.78 is 11.9. The Balaban J connectivity index is 2.03. The summed E-state index contributed by atoms with van der Waals surface area (Å²) in [6.07, 6.45) is 0.523. The van der Waals surface area contributed by atoms with Crippen molar-refractivity contribution in [2.75, 3.05) is 0 Å². The number of benzene rings is 2. The molecule has 0 bridgehead atoms. The Bertz CT molecular complexity index is 1190. The molecule has 2 unspecified atom stereocenters. The van der Waals surface area contributed by atoms with Crippen LogP contribution in [0.1, 0.15) is 39.7 Å². The number of para-hydroxylation sites is 1. The van der Waals surface area contributed by atoms with Gasteiger partial charge in [-0.05, 0) is 48.5 Å². The van der Waals surface area contributed by atoms with Crippen molar-refractivity contribution in [3.63, 3.8) is 0 Å². The van der Waals surface area contributed by atoms with Crippen LogP contribution < -0.4 is 4.74 Å². The van der Waals surface area contributed by atoms with Crippen LogP contribution in [0.2, 0.25) is 0 Å². The number of halogens is 1. The van der Waals surface area contributed by atoms with Gasteiger partial charge in [0.25, 0.3) is 5.69 Å². The fourth-order valence-electron chi connectivity index (χ4n) is 3.50. The van der Waals surface area contributed by atoms with Crippen molar-refractivity contribution in [2.24, 2.45) is 11.3 Å². The van der Waals surface area contributed by atoms with Crippen LogP contribution in [-0.2, 0) is 20.9 Å². The van der Waals surface area contributed by atoms with Gasteiger partial charge in [-0.2, -0.15) is 0 Å². The average Bonchev–Trinajstić information content (AvgIpc) is 2.84. The summed E-state index contributed by atoms with van der Waals surface area (Å²) in [6, 6.07) is 14.5. The Kier molecular flexibility index (Phi) is 8.47. The number of Topliss-reactive ketones (excluding diaryl/α,β-unsaturated/α-hetero) is 1. The number of rotatable bonds is 9. The van der Waals surface area contributed by atoms with E-state index in [9.17, 15) is 19.7 Å². The van der Waals surface area contributed by atoms with Gasteiger partial charge in [0.05, 0.1) is 10.8 Å². The molecule has 2 aromatic carbocycles. The number of likely N-dealkylation sites (tertiary alicyclic amines) is 1. The van der Waals surface area contributed by atoms with Crippen molar-refractivity contribution in [3.8, 4) is 5.75 Å². The molecule has 36 heavy (non-hydrogen) atoms. The predicted octanol–water partition coefficient (Wildman–Crippen LogP) is 5.78. The van der Waals surface area contributed by atoms with Crippen LogP contribution >= 0.6 is 23.8 Å². The van der Waals surface area contributed by atoms with Crippen molar-refractivity contribution in [2.45, 2.75) is 46.2 Å². The van der Waals surface area contributed by atoms with Crippen LogP contribution in [0.15, 0.2) is 66.1 Å². The number of ketones is 1. The van der Waals surface area contributed by atoms with E-state index in [0.29, 0.717) is 17.7 Å². The van der Waals surface area contributed by atoms with Crippen LogP contribution in [0.4, 0.5) is 5.69 Å². The number of ether oxygens (including phenoxy) is 2. The molecule has 0 aliphatic carbocycles. The van der Waals surface area contributed by atoms with Gasteiger partial charge in [-0.25, -0.2) is 0 Å². The van der Waals surface area contributed by atoms with E-state index in [1.165, 1.54) is 29.2 Å². The standard InChI is InChI=1S/C26H27ClN2O6S/c1-5-19-23(27)28(24(19)31)20(25(36)34-15-16-11-13-17(14-12-16)29(32)33)21(22(30)26(2,3)4)35-18-9-7-6-8-10-18/h6-14,19,23H,5,15H2,1-4H3. The molecule has 2 aromatic rings. The third-order valence-electron chi connectivity index (χ3n) is 5.59. The Morgan fingerprint density at radius 3 is 2.25 bits per heavy atom. The van der Waals surface area contributed by atoms with Crippen molar-refractivity contribution in [3.05, 3.63) is 81.7 Å². The van der Waals surface area contributed by atoms with Crippen molar-refractivity contribution in [1.82, 2.24) is 4.90 Å². The highest BCUT2D eigenvalue weighted by Crippen LogP contribution is 2.39. The van der Waals surface area contributed by atoms with Crippen LogP contribution in [0.3, 0.4) is 0 Å². The van der Waals surface area contributed by atoms with E-state index in [4.69, 9.17) is 33.3 Å². The molecule has 0 spiro atoms. The summed E-state index contributed by atoms with van der Waals surface area (Å²) in [5.41, 5.74) is -1.06. The molecule has 2 atom stereocenters. The van der Waals surface area contributed by atoms with Crippen LogP contribution in [0, 0.1) is 21.4 Å². The van der Waals surface area contributed by atoms with E-state index >= 15 is 0 Å². The fraction of sp³-hybridized carbons (Fsp3) is 0.346. The van der Waals surface area contributed by atoms with E-state index in [1.54, 1.807) is 51.1 Å². The molecule has 0 radical (unpaired) electrons. The zero-order valence-electron chi connectivity index (χ0n) is 20.4. The molecule has 1 heterocycles. The molecule has 1 aliphatic rings. The molecule has 10 heteroatoms. The lowest BCUT2D eigenvalue weighted by Crippen LogP contribution is -2.59. The topological polar surface area (TPSA) is 99.0 Å². The minimum absolute atomic E-state index is 0.00890. The maximum absolute atomic E-state index is 13.6. The zero-order valence-corrected chi connectivity index (χ0v) is 22.0. The smallest absolute Gasteiger partial charge is 0.269 e. The summed E-state index contributed by atoms with van der Waals surface area (Å²) in [4.78, 5) is 38.2. The van der Waals surface area contributed by atoms with E-state index in [0.717, 1.165) is 0 Å². The van der Waals surface area contributed by atoms with Gasteiger partial charge in [-0.15, -0.1) is 0 Å². The van der Waals surface area contributed by atoms with Crippen LogP contribution in [-0.4, -0.2) is 32.1 Å². The summed E-state index contributed by atoms with van der Waals surface area (Å²) in [5, 5.41) is 10.8. The minimum Gasteiger partial charge on any atom is -0.477 e. The van der Waals surface area contributed by atoms with Gasteiger partial charge >= 0.3 is 0 Å². The third kappa shape index (κ3) is 5.91. The molecule has 1 fully saturated rings. The number of nitro groups is 1. The number of hydrogen-bond acceptors (Lipinski definition) is 7. The van der Waals surface area contributed by atoms with E-state index in [1.807, 2.05) is 6.92 Å². The SMILES string of the molecule is CCC1C(=O)N(C(C(=S)OCc2ccc([N+](=O)[O-])cc2)=C(Oc2ccccc2)C(=O)C(C)(C)C)C1Cl. The zero-order chi connectivity index (χ0) is 26.6. The molecular weight excluding hydrogens is 504 g/mol. The summed E-state index contributed by atoms with van der Waals surface area (Å²) >= 11 is 12.1. The molecule has 0 N–H and O–H groups in total. The molecule has 0 aromatic heterocycles. The van der Waals surface area contributed by atoms with E-state index in [2.05, 4.69) is 0 Å². The number of non-ortho nitro benzene ring substituents is 1. The summed E-state index contributed by atoms with van der Waals surface area (Å²) in [5.74, 6) is -0.867. The Labute approximate surface area is 220 Å². The second-order valence-electron chi connectivity index (χ2n) is 9.27. The highest BCUT2D eigenvalue weighted by molar-refractivity contribution is 7.80. The molecule has 8 nitrogen and oxygen atoms in total. The van der Waals surface area contributed by atoms with E-state index in [-0.39, 0.29) is 40.5 Å². The third-order valence-corrected chi connectivity index (χ3v) is 6.40. The van der Waals surface area contributed by atoms with Crippen molar-refractivity contribution < 1.29 is 24.0 Å². The first-order valence-electron chi connectivity index (χ1n) is 11.3. The first-order valence-corrected chi connectivity index (χ1v) is 12.2. The number of carbonyl (C=O) groups excluding carboxylic acids is 2. The average molecular weight is 531 g/mol. The predicted molar refractivity (Wildman–Crippen MR) is 139 cm³/mol. The van der Waals surface area contributed by atoms with Gasteiger partial charge in [-0.1, -0.05) is 57.5 Å². The van der Waals surface area contributed by atoms with Gasteiger partial charge in [-0.3, -0.25) is 24.6 Å². The number of carbonyl (C=O) groups is 2. The molecule has 0 saturated carbocycles. The number of amides is 1. The van der Waals surface area contributed by atoms with Gasteiger partial charge in [0, 0.05) is 17.5 Å². The summed E-state index contributed by atoms with van der Waals surface area (Å²) in [6.45, 7) is 6.99. The lowest BCUT2D eigenvalue weighted by Gasteiger charge is -2.44. The molecule has 190 valence electrons. The Hall–Kier alpha value is -3.30. The fourth-order valence-corrected chi connectivity index (χ4v) is 4.23. The Morgan fingerprint density at radius 1 is 1.14 bits per heavy atom. The molecular formula is C26H27ClN2O6S. The molecule has 1 amide bonds. The highest BCUT2D eigenvalue weighted by atomic mass is 35.5. The number of β-lactam (4-membered cyclic amide) rings is 1. The normalized spacial score (nSPS) is 18.1. The molecule has 1 saturated heterocycles. The molecule has 1 aliphatic heterocycles. The number of nitro benzene ring substituents is 1. The number of thiocarbonyl (C=S) groups is 1. The first-order chi connectivity index (χ1) is 17.0. The van der Waals surface area contributed by atoms with Gasteiger partial charge in [0.15, 0.2) is 5.76 Å². The van der Waals surface area contributed by atoms with Gasteiger partial charge < -0.3 is 9.47 Å². The second kappa shape index (κ2) is 11.2. The monoisotopic (exact) mass is 530 g/mol. The van der Waals surface area contributed by atoms with Crippen molar-refractivity contribution in [1.29, 1.82) is 0 Å². The highest BCUT2D eigenvalue weighted by Gasteiger charge is 2.50. The molecule has 3 rings (SSSR count). The lowest BCUT2D eigenvalue weighted by molar-refractivity contribution is -0.384. The quantitative estimate of drug-likeness (QED) is 0.0592. The number of nitrogens with zero attached hydrogens (tertiary/aromatic N) is 2. The largest absolute Gasteiger partial charge is 0.477 e. The minimum atomic E-state index is -0.872. The maximum atomic E-state index is 13.6. The Morgan fingerprint density at radius 2 is 1.75 bits per heavy atom. The van der Waals surface area contributed by atoms with E-state index < -0.39 is 21.8 Å². The number of alkyl halides is 1. The number of hydrogen-bond donors (Lipinski definition) is 0. The van der Waals surface area contributed by atoms with Gasteiger partial charge in [0.1, 0.15) is 23.6 Å². The van der Waals surface area contributed by atoms with Crippen LogP contribution in [0.5, 0.6) is 5.75 Å². The maximum Gasteiger partial charge on any atom is 0.269 e. The number of allylic oxidation sites excluding steroid dienone is 1. The van der Waals surface area contributed by atoms with Crippen LogP contribution in [0.25, 0.3) is 0 Å².